The molecule has 1 aromatic carbocycles. The number of amides is 1. The molecule has 3 N–H and O–H groups in total. The van der Waals surface area contributed by atoms with E-state index in [2.05, 4.69) is 5.32 Å². The molecule has 70 valence electrons. The molecule has 0 aromatic heterocycles. The zero-order valence-corrected chi connectivity index (χ0v) is 7.29. The highest BCUT2D eigenvalue weighted by atomic mass is 16.1. The van der Waals surface area contributed by atoms with Gasteiger partial charge in [0.25, 0.3) is 0 Å². The van der Waals surface area contributed by atoms with Crippen molar-refractivity contribution in [3.63, 3.8) is 0 Å². The van der Waals surface area contributed by atoms with Crippen LogP contribution in [0, 0.1) is 0 Å². The molecule has 0 heterocycles. The normalized spacial score (nSPS) is 13.2. The van der Waals surface area contributed by atoms with Crippen LogP contribution in [0.5, 0.6) is 0 Å². The molecule has 0 unspecified atom stereocenters. The van der Waals surface area contributed by atoms with Crippen molar-refractivity contribution in [3.05, 3.63) is 35.9 Å². The Morgan fingerprint density at radius 1 is 1.46 bits per heavy atom. The van der Waals surface area contributed by atoms with Crippen molar-refractivity contribution in [2.45, 2.75) is 6.42 Å². The zero-order valence-electron chi connectivity index (χ0n) is 9.29. The number of nitrogens with one attached hydrogen (secondary N) is 1. The van der Waals surface area contributed by atoms with E-state index in [-0.39, 0.29) is 13.0 Å². The maximum atomic E-state index is 10.5. The van der Waals surface area contributed by atoms with E-state index in [0.717, 1.165) is 5.56 Å². The summed E-state index contributed by atoms with van der Waals surface area (Å²) >= 11 is 0. The highest BCUT2D eigenvalue weighted by molar-refractivity contribution is 5.75. The Labute approximate surface area is 80.8 Å². The van der Waals surface area contributed by atoms with Crippen LogP contribution in [-0.2, 0) is 11.2 Å². The van der Waals surface area contributed by atoms with Gasteiger partial charge < -0.3 is 11.1 Å². The second-order valence-electron chi connectivity index (χ2n) is 2.66. The Kier molecular flexibility index (Phi) is 2.90. The Bertz CT molecular complexity index is 327. The van der Waals surface area contributed by atoms with Gasteiger partial charge >= 0.3 is 0 Å². The second kappa shape index (κ2) is 5.32. The van der Waals surface area contributed by atoms with Crippen molar-refractivity contribution < 1.29 is 7.54 Å². The van der Waals surface area contributed by atoms with Gasteiger partial charge in [-0.25, -0.2) is 0 Å². The van der Waals surface area contributed by atoms with Crippen molar-refractivity contribution in [2.24, 2.45) is 5.73 Å². The van der Waals surface area contributed by atoms with E-state index in [9.17, 15) is 4.79 Å². The standard InChI is InChI=1S/C10H14N2O/c11-10(13)8-12-7-6-9-4-2-1-3-5-9/h1-5,12H,6-8H2,(H2,11,13)/i7D2. The average molecular weight is 180 g/mol. The minimum Gasteiger partial charge on any atom is -0.369 e. The summed E-state index contributed by atoms with van der Waals surface area (Å²) in [5.74, 6) is -0.563. The number of carbonyl (C=O) groups excluding carboxylic acids is 1. The van der Waals surface area contributed by atoms with Gasteiger partial charge in [-0.3, -0.25) is 4.79 Å². The molecule has 0 radical (unpaired) electrons. The molecule has 1 rings (SSSR count). The van der Waals surface area contributed by atoms with E-state index in [1.807, 2.05) is 30.3 Å². The van der Waals surface area contributed by atoms with Crippen LogP contribution < -0.4 is 11.1 Å². The van der Waals surface area contributed by atoms with Gasteiger partial charge in [0.15, 0.2) is 0 Å². The first kappa shape index (κ1) is 7.09. The highest BCUT2D eigenvalue weighted by Crippen LogP contribution is 1.97. The fourth-order valence-corrected chi connectivity index (χ4v) is 0.910. The summed E-state index contributed by atoms with van der Waals surface area (Å²) in [5.41, 5.74) is 5.80. The van der Waals surface area contributed by atoms with Crippen molar-refractivity contribution in [1.29, 1.82) is 0 Å². The Balaban J connectivity index is 2.52. The largest absolute Gasteiger partial charge is 0.369 e. The molecule has 3 heteroatoms. The predicted octanol–water partition coefficient (Wildman–Crippen LogP) is 0.304. The third-order valence-corrected chi connectivity index (χ3v) is 1.52. The average Bonchev–Trinajstić information content (AvgIpc) is 2.16. The van der Waals surface area contributed by atoms with E-state index in [0.29, 0.717) is 0 Å². The maximum Gasteiger partial charge on any atom is 0.231 e. The first-order valence-corrected chi connectivity index (χ1v) is 4.07. The Hall–Kier alpha value is -1.35. The maximum absolute atomic E-state index is 10.5. The number of rotatable bonds is 5. The Morgan fingerprint density at radius 3 is 2.77 bits per heavy atom. The molecule has 0 saturated carbocycles. The van der Waals surface area contributed by atoms with E-state index in [4.69, 9.17) is 8.48 Å². The quantitative estimate of drug-likeness (QED) is 0.685. The topological polar surface area (TPSA) is 55.1 Å². The van der Waals surface area contributed by atoms with Crippen LogP contribution in [-0.4, -0.2) is 18.9 Å². The van der Waals surface area contributed by atoms with Crippen LogP contribution >= 0.6 is 0 Å². The molecule has 3 nitrogen and oxygen atoms in total. The zero-order chi connectivity index (χ0) is 11.3. The van der Waals surface area contributed by atoms with Crippen LogP contribution in [0.15, 0.2) is 30.3 Å². The van der Waals surface area contributed by atoms with Crippen LogP contribution in [0.1, 0.15) is 8.30 Å². The summed E-state index contributed by atoms with van der Waals surface area (Å²) in [6, 6.07) is 9.24. The van der Waals surface area contributed by atoms with Gasteiger partial charge in [-0.05, 0) is 18.5 Å². The number of hydrogen-bond donors (Lipinski definition) is 2. The van der Waals surface area contributed by atoms with Crippen LogP contribution in [0.3, 0.4) is 0 Å². The monoisotopic (exact) mass is 180 g/mol. The molecule has 0 fully saturated rings. The number of aryl methyl sites for hydroxylation is 1. The van der Waals surface area contributed by atoms with Gasteiger partial charge in [-0.15, -0.1) is 0 Å². The minimum atomic E-state index is -1.61. The van der Waals surface area contributed by atoms with Crippen LogP contribution in [0.4, 0.5) is 0 Å². The van der Waals surface area contributed by atoms with Gasteiger partial charge in [0, 0.05) is 2.74 Å². The van der Waals surface area contributed by atoms with Gasteiger partial charge in [0.05, 0.1) is 6.54 Å². The summed E-state index contributed by atoms with van der Waals surface area (Å²) in [4.78, 5) is 10.5. The van der Waals surface area contributed by atoms with Gasteiger partial charge in [-0.1, -0.05) is 30.3 Å². The van der Waals surface area contributed by atoms with Crippen molar-refractivity contribution in [1.82, 2.24) is 5.32 Å². The third-order valence-electron chi connectivity index (χ3n) is 1.52. The SMILES string of the molecule is [2H]C([2H])(Cc1ccccc1)NCC(N)=O. The fraction of sp³-hybridized carbons (Fsp3) is 0.300. The summed E-state index contributed by atoms with van der Waals surface area (Å²) in [6.45, 7) is -1.77. The van der Waals surface area contributed by atoms with Gasteiger partial charge in [0.1, 0.15) is 0 Å². The smallest absolute Gasteiger partial charge is 0.231 e. The van der Waals surface area contributed by atoms with Crippen LogP contribution in [0.25, 0.3) is 0 Å². The second-order valence-corrected chi connectivity index (χ2v) is 2.66. The molecule has 0 aliphatic heterocycles. The fourth-order valence-electron chi connectivity index (χ4n) is 0.910. The van der Waals surface area contributed by atoms with Crippen molar-refractivity contribution in [2.75, 3.05) is 13.0 Å². The first-order chi connectivity index (χ1) is 6.99. The van der Waals surface area contributed by atoms with Crippen LogP contribution in [0.2, 0.25) is 0 Å². The van der Waals surface area contributed by atoms with Crippen molar-refractivity contribution in [3.8, 4) is 0 Å². The van der Waals surface area contributed by atoms with E-state index >= 15 is 0 Å². The molecule has 0 bridgehead atoms. The van der Waals surface area contributed by atoms with E-state index < -0.39 is 12.4 Å². The number of hydrogen-bond acceptors (Lipinski definition) is 2. The lowest BCUT2D eigenvalue weighted by Gasteiger charge is -2.01. The highest BCUT2D eigenvalue weighted by Gasteiger charge is 1.93. The van der Waals surface area contributed by atoms with E-state index in [1.54, 1.807) is 0 Å². The first-order valence-electron chi connectivity index (χ1n) is 5.07. The van der Waals surface area contributed by atoms with Gasteiger partial charge in [-0.2, -0.15) is 0 Å². The lowest BCUT2D eigenvalue weighted by atomic mass is 10.1. The lowest BCUT2D eigenvalue weighted by Crippen LogP contribution is -2.29. The molecular weight excluding hydrogens is 164 g/mol. The summed E-state index contributed by atoms with van der Waals surface area (Å²) in [7, 11) is 0. The lowest BCUT2D eigenvalue weighted by molar-refractivity contribution is -0.117. The third kappa shape index (κ3) is 4.28. The predicted molar refractivity (Wildman–Crippen MR) is 52.2 cm³/mol. The summed E-state index contributed by atoms with van der Waals surface area (Å²) in [5, 5.41) is 2.47. The molecule has 0 saturated heterocycles. The Morgan fingerprint density at radius 2 is 2.15 bits per heavy atom. The summed E-state index contributed by atoms with van der Waals surface area (Å²) in [6.07, 6.45) is 0.209. The molecule has 0 aliphatic rings. The molecule has 13 heavy (non-hydrogen) atoms. The molecule has 0 spiro atoms. The number of primary amides is 1. The molecule has 0 aliphatic carbocycles. The molecule has 1 aromatic rings. The number of nitrogens with two attached hydrogens (primary N) is 1. The number of carbonyl (C=O) groups is 1. The number of benzene rings is 1. The molecule has 0 atom stereocenters. The molecule has 1 amide bonds. The molecular formula is C10H14N2O. The van der Waals surface area contributed by atoms with Crippen molar-refractivity contribution >= 4 is 5.91 Å². The van der Waals surface area contributed by atoms with E-state index in [1.165, 1.54) is 0 Å². The minimum absolute atomic E-state index is 0.153. The van der Waals surface area contributed by atoms with Gasteiger partial charge in [0.2, 0.25) is 5.91 Å². The summed E-state index contributed by atoms with van der Waals surface area (Å²) < 4.78 is 15.2.